The fraction of sp³-hybridized carbons (Fsp3) is 0.172. The van der Waals surface area contributed by atoms with E-state index in [1.165, 1.54) is 11.3 Å². The van der Waals surface area contributed by atoms with Crippen molar-refractivity contribution in [3.8, 4) is 11.5 Å². The summed E-state index contributed by atoms with van der Waals surface area (Å²) in [6.07, 6.45) is 3.37. The summed E-state index contributed by atoms with van der Waals surface area (Å²) in [5.41, 5.74) is 2.51. The van der Waals surface area contributed by atoms with E-state index in [0.717, 1.165) is 16.5 Å². The lowest BCUT2D eigenvalue weighted by Gasteiger charge is -2.30. The second kappa shape index (κ2) is 9.97. The molecule has 0 spiro atoms. The van der Waals surface area contributed by atoms with Crippen LogP contribution in [0.2, 0.25) is 0 Å². The number of imide groups is 1. The van der Waals surface area contributed by atoms with Crippen molar-refractivity contribution in [2.45, 2.75) is 13.3 Å². The molecule has 4 heterocycles. The molecule has 4 aromatic rings. The van der Waals surface area contributed by atoms with Crippen molar-refractivity contribution >= 4 is 61.5 Å². The largest absolute Gasteiger partial charge is 0.457 e. The van der Waals surface area contributed by atoms with E-state index in [4.69, 9.17) is 4.74 Å². The molecule has 6 rings (SSSR count). The monoisotopic (exact) mass is 539 g/mol. The molecule has 1 atom stereocenters. The number of nitrogens with one attached hydrogen (secondary N) is 2. The number of pyridine rings is 1. The lowest BCUT2D eigenvalue weighted by atomic mass is 10.1. The van der Waals surface area contributed by atoms with Crippen LogP contribution >= 0.6 is 11.3 Å². The van der Waals surface area contributed by atoms with E-state index < -0.39 is 11.9 Å². The van der Waals surface area contributed by atoms with Crippen LogP contribution in [0.1, 0.15) is 12.0 Å². The Kier molecular flexibility index (Phi) is 6.34. The fourth-order valence-corrected chi connectivity index (χ4v) is 6.11. The Labute approximate surface area is 228 Å². The van der Waals surface area contributed by atoms with Crippen LogP contribution in [0.5, 0.6) is 11.5 Å². The van der Waals surface area contributed by atoms with Crippen LogP contribution in [0.3, 0.4) is 0 Å². The van der Waals surface area contributed by atoms with Crippen molar-refractivity contribution < 1.29 is 19.1 Å². The minimum atomic E-state index is -0.544. The first-order chi connectivity index (χ1) is 19.0. The van der Waals surface area contributed by atoms with Gasteiger partial charge in [-0.15, -0.1) is 0 Å². The number of aromatic nitrogens is 1. The van der Waals surface area contributed by atoms with Gasteiger partial charge in [0.15, 0.2) is 0 Å². The number of ether oxygens (including phenoxy) is 1. The molecule has 10 heteroatoms. The second-order valence-electron chi connectivity index (χ2n) is 9.33. The van der Waals surface area contributed by atoms with Crippen LogP contribution in [-0.4, -0.2) is 35.9 Å². The number of rotatable bonds is 6. The van der Waals surface area contributed by atoms with Gasteiger partial charge in [0.05, 0.1) is 28.4 Å². The summed E-state index contributed by atoms with van der Waals surface area (Å²) >= 11 is 1.19. The number of amides is 4. The molecule has 39 heavy (non-hydrogen) atoms. The smallest absolute Gasteiger partial charge is 0.331 e. The van der Waals surface area contributed by atoms with Crippen LogP contribution in [0, 0.1) is 12.8 Å². The van der Waals surface area contributed by atoms with Gasteiger partial charge in [-0.05, 0) is 67.9 Å². The average molecular weight is 540 g/mol. The molecule has 1 fully saturated rings. The zero-order valence-electron chi connectivity index (χ0n) is 21.1. The first-order valence-electron chi connectivity index (χ1n) is 12.5. The number of urea groups is 1. The Morgan fingerprint density at radius 1 is 1.15 bits per heavy atom. The van der Waals surface area contributed by atoms with Gasteiger partial charge in [0.1, 0.15) is 21.3 Å². The molecule has 0 bridgehead atoms. The van der Waals surface area contributed by atoms with E-state index in [2.05, 4.69) is 22.2 Å². The normalized spacial score (nSPS) is 16.2. The molecule has 2 N–H and O–H groups in total. The summed E-state index contributed by atoms with van der Waals surface area (Å²) in [6, 6.07) is 16.4. The van der Waals surface area contributed by atoms with Crippen LogP contribution in [0.25, 0.3) is 10.2 Å². The van der Waals surface area contributed by atoms with Crippen LogP contribution in [-0.2, 0) is 9.59 Å². The summed E-state index contributed by atoms with van der Waals surface area (Å²) < 4.78 is 5.96. The van der Waals surface area contributed by atoms with Crippen molar-refractivity contribution in [2.24, 2.45) is 5.92 Å². The van der Waals surface area contributed by atoms with Crippen molar-refractivity contribution in [1.29, 1.82) is 0 Å². The number of thiophene rings is 1. The Balaban J connectivity index is 1.42. The number of hydrogen-bond acceptors (Lipinski definition) is 7. The van der Waals surface area contributed by atoms with Crippen molar-refractivity contribution in [3.05, 3.63) is 79.0 Å². The molecular weight excluding hydrogens is 514 g/mol. The minimum Gasteiger partial charge on any atom is -0.457 e. The Morgan fingerprint density at radius 3 is 2.69 bits per heavy atom. The number of para-hydroxylation sites is 1. The minimum absolute atomic E-state index is 0.323. The molecule has 2 aliphatic heterocycles. The standard InChI is InChI=1S/C29H25N5O4S/c1-3-23(35)34(27(36)18-11-13-30-16-18)28-25-24-22(12-14-31-26(24)39-28)33(29(37)32-25)21-10-9-20(15-17(21)2)38-19-7-5-4-6-8-19/h3-10,12,14-15,18,30H,1,11,13,16H2,2H3,(H,32,37)/t18-/m0/s1. The number of hydrogen-bond donors (Lipinski definition) is 2. The molecule has 0 radical (unpaired) electrons. The number of carbonyl (C=O) groups is 3. The molecule has 1 saturated heterocycles. The summed E-state index contributed by atoms with van der Waals surface area (Å²) in [7, 11) is 0. The van der Waals surface area contributed by atoms with Crippen LogP contribution in [0.4, 0.5) is 26.9 Å². The molecule has 196 valence electrons. The first-order valence-corrected chi connectivity index (χ1v) is 13.3. The third-order valence-corrected chi connectivity index (χ3v) is 7.93. The van der Waals surface area contributed by atoms with E-state index in [1.54, 1.807) is 17.2 Å². The molecule has 4 amide bonds. The number of benzene rings is 2. The highest BCUT2D eigenvalue weighted by Gasteiger charge is 2.38. The zero-order chi connectivity index (χ0) is 27.1. The van der Waals surface area contributed by atoms with Crippen molar-refractivity contribution in [2.75, 3.05) is 28.2 Å². The fourth-order valence-electron chi connectivity index (χ4n) is 4.98. The third kappa shape index (κ3) is 4.33. The molecule has 2 aromatic carbocycles. The van der Waals surface area contributed by atoms with E-state index in [1.807, 2.05) is 55.5 Å². The summed E-state index contributed by atoms with van der Waals surface area (Å²) in [6.45, 7) is 6.70. The molecule has 0 unspecified atom stereocenters. The Morgan fingerprint density at radius 2 is 1.97 bits per heavy atom. The van der Waals surface area contributed by atoms with Gasteiger partial charge >= 0.3 is 6.03 Å². The van der Waals surface area contributed by atoms with Gasteiger partial charge in [0.25, 0.3) is 5.91 Å². The van der Waals surface area contributed by atoms with Gasteiger partial charge in [-0.25, -0.2) is 14.7 Å². The highest BCUT2D eigenvalue weighted by molar-refractivity contribution is 7.23. The molecule has 2 aliphatic rings. The third-order valence-electron chi connectivity index (χ3n) is 6.84. The molecule has 9 nitrogen and oxygen atoms in total. The summed E-state index contributed by atoms with van der Waals surface area (Å²) in [5.74, 6) is 0.160. The number of nitrogens with zero attached hydrogens (tertiary/aromatic N) is 3. The van der Waals surface area contributed by atoms with E-state index >= 15 is 0 Å². The van der Waals surface area contributed by atoms with Crippen LogP contribution < -0.4 is 25.2 Å². The maximum Gasteiger partial charge on any atom is 0.331 e. The number of aryl methyl sites for hydroxylation is 1. The Bertz CT molecular complexity index is 1630. The molecular formula is C29H25N5O4S. The first kappa shape index (κ1) is 24.8. The van der Waals surface area contributed by atoms with Gasteiger partial charge in [0, 0.05) is 12.7 Å². The highest BCUT2D eigenvalue weighted by atomic mass is 32.1. The predicted molar refractivity (Wildman–Crippen MR) is 152 cm³/mol. The molecule has 0 saturated carbocycles. The number of anilines is 4. The second-order valence-corrected chi connectivity index (χ2v) is 10.3. The van der Waals surface area contributed by atoms with Gasteiger partial charge in [-0.2, -0.15) is 0 Å². The summed E-state index contributed by atoms with van der Waals surface area (Å²) in [4.78, 5) is 47.8. The quantitative estimate of drug-likeness (QED) is 0.303. The number of carbonyl (C=O) groups excluding carboxylic acids is 3. The topological polar surface area (TPSA) is 104 Å². The van der Waals surface area contributed by atoms with Gasteiger partial charge in [0.2, 0.25) is 5.91 Å². The molecule has 0 aliphatic carbocycles. The lowest BCUT2D eigenvalue weighted by Crippen LogP contribution is -2.41. The average Bonchev–Trinajstić information content (AvgIpc) is 3.60. The van der Waals surface area contributed by atoms with Crippen LogP contribution in [0.15, 0.2) is 73.4 Å². The highest BCUT2D eigenvalue weighted by Crippen LogP contribution is 2.50. The predicted octanol–water partition coefficient (Wildman–Crippen LogP) is 5.74. The van der Waals surface area contributed by atoms with E-state index in [-0.39, 0.29) is 11.8 Å². The maximum atomic E-state index is 13.6. The van der Waals surface area contributed by atoms with Gasteiger partial charge in [-0.3, -0.25) is 14.5 Å². The SMILES string of the molecule is C=CC(=O)N(C(=O)[C@H]1CCNC1)c1sc2nccc3c2c1NC(=O)N3c1ccc(Oc2ccccc2)cc1C. The lowest BCUT2D eigenvalue weighted by molar-refractivity contribution is -0.126. The summed E-state index contributed by atoms with van der Waals surface area (Å²) in [5, 5.41) is 7.11. The maximum absolute atomic E-state index is 13.6. The van der Waals surface area contributed by atoms with Gasteiger partial charge in [-0.1, -0.05) is 36.1 Å². The molecule has 2 aromatic heterocycles. The van der Waals surface area contributed by atoms with E-state index in [0.29, 0.717) is 63.3 Å². The van der Waals surface area contributed by atoms with Gasteiger partial charge < -0.3 is 15.4 Å². The van der Waals surface area contributed by atoms with Crippen molar-refractivity contribution in [3.63, 3.8) is 0 Å². The van der Waals surface area contributed by atoms with E-state index in [9.17, 15) is 14.4 Å². The van der Waals surface area contributed by atoms with Crippen molar-refractivity contribution in [1.82, 2.24) is 10.3 Å². The Hall–Kier alpha value is -4.54. The zero-order valence-corrected chi connectivity index (χ0v) is 22.0.